The van der Waals surface area contributed by atoms with E-state index in [0.717, 1.165) is 17.7 Å². The van der Waals surface area contributed by atoms with E-state index in [2.05, 4.69) is 10.4 Å². The van der Waals surface area contributed by atoms with Crippen molar-refractivity contribution in [2.45, 2.75) is 24.3 Å². The number of hydrogen-bond acceptors (Lipinski definition) is 8. The molecule has 1 aromatic heterocycles. The first kappa shape index (κ1) is 26.0. The van der Waals surface area contributed by atoms with E-state index in [4.69, 9.17) is 4.74 Å². The molecular weight excluding hydrogens is 502 g/mol. The molecule has 0 aliphatic carbocycles. The molecule has 1 saturated heterocycles. The summed E-state index contributed by atoms with van der Waals surface area (Å²) in [6.07, 6.45) is 3.82. The number of anilines is 1. The Morgan fingerprint density at radius 1 is 1.14 bits per heavy atom. The van der Waals surface area contributed by atoms with Gasteiger partial charge in [-0.05, 0) is 36.6 Å². The van der Waals surface area contributed by atoms with Crippen molar-refractivity contribution in [2.24, 2.45) is 5.92 Å². The summed E-state index contributed by atoms with van der Waals surface area (Å²) in [6.45, 7) is 0.613. The van der Waals surface area contributed by atoms with E-state index >= 15 is 0 Å². The highest BCUT2D eigenvalue weighted by Gasteiger charge is 2.32. The summed E-state index contributed by atoms with van der Waals surface area (Å²) in [4.78, 5) is 35.0. The van der Waals surface area contributed by atoms with Crippen LogP contribution in [-0.4, -0.2) is 59.5 Å². The Kier molecular flexibility index (Phi) is 7.64. The van der Waals surface area contributed by atoms with Crippen molar-refractivity contribution >= 4 is 33.3 Å². The van der Waals surface area contributed by atoms with Gasteiger partial charge in [0.05, 0.1) is 40.9 Å². The molecule has 0 radical (unpaired) electrons. The van der Waals surface area contributed by atoms with Crippen molar-refractivity contribution in [3.63, 3.8) is 0 Å². The lowest BCUT2D eigenvalue weighted by molar-refractivity contribution is -0.384. The van der Waals surface area contributed by atoms with Gasteiger partial charge in [0.15, 0.2) is 0 Å². The summed E-state index contributed by atoms with van der Waals surface area (Å²) in [7, 11) is -2.50. The van der Waals surface area contributed by atoms with Crippen molar-refractivity contribution in [1.82, 2.24) is 14.1 Å². The molecular formula is C24H25N5O7S. The average Bonchev–Trinajstić information content (AvgIpc) is 3.35. The molecule has 1 fully saturated rings. The highest BCUT2D eigenvalue weighted by molar-refractivity contribution is 7.89. The molecule has 37 heavy (non-hydrogen) atoms. The Balaban J connectivity index is 1.34. The summed E-state index contributed by atoms with van der Waals surface area (Å²) >= 11 is 0. The standard InChI is InChI=1S/C24H25N5O7S/c1-36-24(31)22-5-3-2-4-18(22)15-27-16-19(14-25-27)26-23(30)17-10-12-28(13-11-17)37(34,35)21-8-6-20(7-9-21)29(32)33/h2-9,14,16-17H,10-13,15H2,1H3,(H,26,30). The van der Waals surface area contributed by atoms with Crippen molar-refractivity contribution in [1.29, 1.82) is 0 Å². The first-order valence-electron chi connectivity index (χ1n) is 11.4. The fourth-order valence-electron chi connectivity index (χ4n) is 4.15. The van der Waals surface area contributed by atoms with Gasteiger partial charge in [-0.25, -0.2) is 13.2 Å². The number of aromatic nitrogens is 2. The largest absolute Gasteiger partial charge is 0.465 e. The molecule has 4 rings (SSSR count). The van der Waals surface area contributed by atoms with Crippen LogP contribution in [0.5, 0.6) is 0 Å². The number of ether oxygens (including phenoxy) is 1. The van der Waals surface area contributed by atoms with Crippen LogP contribution in [0.4, 0.5) is 11.4 Å². The van der Waals surface area contributed by atoms with Crippen LogP contribution in [0.25, 0.3) is 0 Å². The van der Waals surface area contributed by atoms with Crippen LogP contribution in [0, 0.1) is 16.0 Å². The van der Waals surface area contributed by atoms with Crippen LogP contribution in [-0.2, 0) is 26.1 Å². The van der Waals surface area contributed by atoms with Gasteiger partial charge in [0.1, 0.15) is 0 Å². The van der Waals surface area contributed by atoms with Crippen LogP contribution in [0.1, 0.15) is 28.8 Å². The number of nitro benzene ring substituents is 1. The second-order valence-corrected chi connectivity index (χ2v) is 10.4. The lowest BCUT2D eigenvalue weighted by Gasteiger charge is -2.30. The summed E-state index contributed by atoms with van der Waals surface area (Å²) in [5.41, 5.74) is 1.45. The van der Waals surface area contributed by atoms with Gasteiger partial charge in [0.2, 0.25) is 15.9 Å². The third-order valence-electron chi connectivity index (χ3n) is 6.17. The predicted octanol–water partition coefficient (Wildman–Crippen LogP) is 2.67. The Morgan fingerprint density at radius 3 is 2.46 bits per heavy atom. The number of amides is 1. The number of hydrogen-bond donors (Lipinski definition) is 1. The zero-order valence-corrected chi connectivity index (χ0v) is 20.8. The van der Waals surface area contributed by atoms with E-state index in [-0.39, 0.29) is 35.5 Å². The number of piperidine rings is 1. The van der Waals surface area contributed by atoms with Crippen molar-refractivity contribution < 1.29 is 27.7 Å². The molecule has 0 spiro atoms. The lowest BCUT2D eigenvalue weighted by atomic mass is 9.97. The maximum absolute atomic E-state index is 12.9. The second kappa shape index (κ2) is 10.9. The molecule has 1 N–H and O–H groups in total. The van der Waals surface area contributed by atoms with Crippen molar-refractivity contribution in [3.8, 4) is 0 Å². The third kappa shape index (κ3) is 5.84. The minimum atomic E-state index is -3.82. The minimum Gasteiger partial charge on any atom is -0.465 e. The van der Waals surface area contributed by atoms with E-state index in [1.807, 2.05) is 6.07 Å². The monoisotopic (exact) mass is 527 g/mol. The van der Waals surface area contributed by atoms with E-state index in [1.54, 1.807) is 29.1 Å². The molecule has 0 saturated carbocycles. The lowest BCUT2D eigenvalue weighted by Crippen LogP contribution is -2.41. The zero-order chi connectivity index (χ0) is 26.6. The highest BCUT2D eigenvalue weighted by Crippen LogP contribution is 2.26. The molecule has 13 heteroatoms. The Labute approximate surface area is 213 Å². The van der Waals surface area contributed by atoms with Crippen LogP contribution in [0.3, 0.4) is 0 Å². The Morgan fingerprint density at radius 2 is 1.81 bits per heavy atom. The topological polar surface area (TPSA) is 154 Å². The number of non-ortho nitro benzene ring substituents is 1. The minimum absolute atomic E-state index is 0.0258. The van der Waals surface area contributed by atoms with Gasteiger partial charge in [-0.3, -0.25) is 19.6 Å². The quantitative estimate of drug-likeness (QED) is 0.266. The van der Waals surface area contributed by atoms with E-state index in [0.29, 0.717) is 30.6 Å². The van der Waals surface area contributed by atoms with Gasteiger partial charge < -0.3 is 10.1 Å². The fourth-order valence-corrected chi connectivity index (χ4v) is 5.62. The second-order valence-electron chi connectivity index (χ2n) is 8.49. The van der Waals surface area contributed by atoms with Gasteiger partial charge in [0, 0.05) is 37.3 Å². The van der Waals surface area contributed by atoms with E-state index in [1.165, 1.54) is 29.7 Å². The van der Waals surface area contributed by atoms with E-state index in [9.17, 15) is 28.1 Å². The molecule has 1 amide bonds. The maximum Gasteiger partial charge on any atom is 0.338 e. The molecule has 1 aliphatic heterocycles. The van der Waals surface area contributed by atoms with Crippen LogP contribution in [0.2, 0.25) is 0 Å². The molecule has 1 aliphatic rings. The number of benzene rings is 2. The summed E-state index contributed by atoms with van der Waals surface area (Å²) < 4.78 is 33.5. The number of methoxy groups -OCH3 is 1. The summed E-state index contributed by atoms with van der Waals surface area (Å²) in [5.74, 6) is -1.06. The molecule has 12 nitrogen and oxygen atoms in total. The van der Waals surface area contributed by atoms with Gasteiger partial charge in [-0.15, -0.1) is 0 Å². The maximum atomic E-state index is 12.9. The fraction of sp³-hybridized carbons (Fsp3) is 0.292. The molecule has 194 valence electrons. The molecule has 2 heterocycles. The van der Waals surface area contributed by atoms with Crippen LogP contribution in [0.15, 0.2) is 65.8 Å². The zero-order valence-electron chi connectivity index (χ0n) is 19.9. The molecule has 0 bridgehead atoms. The molecule has 0 atom stereocenters. The molecule has 3 aromatic rings. The van der Waals surface area contributed by atoms with Crippen LogP contribution >= 0.6 is 0 Å². The number of esters is 1. The Bertz CT molecular complexity index is 1410. The van der Waals surface area contributed by atoms with Crippen molar-refractivity contribution in [2.75, 3.05) is 25.5 Å². The normalized spacial score (nSPS) is 14.7. The van der Waals surface area contributed by atoms with Gasteiger partial charge in [0.25, 0.3) is 5.69 Å². The third-order valence-corrected chi connectivity index (χ3v) is 8.08. The van der Waals surface area contributed by atoms with Gasteiger partial charge in [-0.2, -0.15) is 9.40 Å². The summed E-state index contributed by atoms with van der Waals surface area (Å²) in [5, 5.41) is 17.9. The van der Waals surface area contributed by atoms with Gasteiger partial charge >= 0.3 is 5.97 Å². The molecule has 0 unspecified atom stereocenters. The number of nitrogens with one attached hydrogen (secondary N) is 1. The van der Waals surface area contributed by atoms with E-state index < -0.39 is 20.9 Å². The van der Waals surface area contributed by atoms with Crippen LogP contribution < -0.4 is 5.32 Å². The number of nitro groups is 1. The average molecular weight is 528 g/mol. The summed E-state index contributed by atoms with van der Waals surface area (Å²) in [6, 6.07) is 11.8. The number of nitrogens with zero attached hydrogens (tertiary/aromatic N) is 4. The molecule has 2 aromatic carbocycles. The predicted molar refractivity (Wildman–Crippen MR) is 132 cm³/mol. The Hall–Kier alpha value is -4.10. The smallest absolute Gasteiger partial charge is 0.338 e. The number of rotatable bonds is 8. The number of carbonyl (C=O) groups is 2. The first-order valence-corrected chi connectivity index (χ1v) is 12.9. The SMILES string of the molecule is COC(=O)c1ccccc1Cn1cc(NC(=O)C2CCN(S(=O)(=O)c3ccc([N+](=O)[O-])cc3)CC2)cn1. The number of carbonyl (C=O) groups excluding carboxylic acids is 2. The van der Waals surface area contributed by atoms with Crippen molar-refractivity contribution in [3.05, 3.63) is 82.2 Å². The van der Waals surface area contributed by atoms with Gasteiger partial charge in [-0.1, -0.05) is 18.2 Å². The first-order chi connectivity index (χ1) is 17.7. The highest BCUT2D eigenvalue weighted by atomic mass is 32.2. The number of sulfonamides is 1.